The summed E-state index contributed by atoms with van der Waals surface area (Å²) in [5, 5.41) is 0. The van der Waals surface area contributed by atoms with Gasteiger partial charge in [0.15, 0.2) is 0 Å². The van der Waals surface area contributed by atoms with Gasteiger partial charge in [-0.25, -0.2) is 9.98 Å². The van der Waals surface area contributed by atoms with Crippen LogP contribution in [-0.2, 0) is 7.05 Å². The molecule has 0 atom stereocenters. The summed E-state index contributed by atoms with van der Waals surface area (Å²) in [7, 11) is 1.89. The lowest BCUT2D eigenvalue weighted by Gasteiger charge is -2.04. The zero-order chi connectivity index (χ0) is 10.7. The molecule has 1 aromatic heterocycles. The van der Waals surface area contributed by atoms with E-state index in [4.69, 9.17) is 5.73 Å². The number of nitrogens with zero attached hydrogens (tertiary/aromatic N) is 3. The molecule has 4 heteroatoms. The van der Waals surface area contributed by atoms with Gasteiger partial charge >= 0.3 is 0 Å². The quantitative estimate of drug-likeness (QED) is 0.577. The normalized spacial score (nSPS) is 12.1. The molecular formula is C10H14N4. The molecule has 1 heterocycles. The minimum Gasteiger partial charge on any atom is -0.383 e. The zero-order valence-electron chi connectivity index (χ0n) is 8.49. The lowest BCUT2D eigenvalue weighted by Crippen LogP contribution is -2.00. The monoisotopic (exact) mass is 190 g/mol. The molecule has 0 aromatic carbocycles. The second-order valence-electron chi connectivity index (χ2n) is 3.12. The number of allylic oxidation sites excluding steroid dienone is 2. The van der Waals surface area contributed by atoms with Gasteiger partial charge in [-0.2, -0.15) is 0 Å². The fourth-order valence-electron chi connectivity index (χ4n) is 1.19. The molecule has 2 N–H and O–H groups in total. The first-order chi connectivity index (χ1) is 6.56. The highest BCUT2D eigenvalue weighted by atomic mass is 15.0. The molecule has 0 saturated carbocycles. The molecule has 0 saturated heterocycles. The van der Waals surface area contributed by atoms with E-state index in [2.05, 4.69) is 23.3 Å². The van der Waals surface area contributed by atoms with Gasteiger partial charge in [-0.3, -0.25) is 0 Å². The summed E-state index contributed by atoms with van der Waals surface area (Å²) in [6, 6.07) is 0. The van der Waals surface area contributed by atoms with E-state index in [-0.39, 0.29) is 0 Å². The number of hydrogen-bond donors (Lipinski definition) is 1. The molecule has 0 bridgehead atoms. The fraction of sp³-hybridized carbons (Fsp3) is 0.200. The molecule has 14 heavy (non-hydrogen) atoms. The Morgan fingerprint density at radius 1 is 1.64 bits per heavy atom. The molecule has 4 nitrogen and oxygen atoms in total. The van der Waals surface area contributed by atoms with Crippen LogP contribution in [-0.4, -0.2) is 16.3 Å². The van der Waals surface area contributed by atoms with E-state index in [1.807, 2.05) is 24.7 Å². The maximum absolute atomic E-state index is 5.70. The Hall–Kier alpha value is -1.84. The van der Waals surface area contributed by atoms with Crippen molar-refractivity contribution in [1.82, 2.24) is 9.55 Å². The summed E-state index contributed by atoms with van der Waals surface area (Å²) >= 11 is 0. The lowest BCUT2D eigenvalue weighted by atomic mass is 10.1. The Morgan fingerprint density at radius 2 is 2.29 bits per heavy atom. The first kappa shape index (κ1) is 10.2. The third-order valence-corrected chi connectivity index (χ3v) is 1.81. The number of aromatic nitrogens is 2. The van der Waals surface area contributed by atoms with Gasteiger partial charge in [0.1, 0.15) is 5.82 Å². The molecule has 0 spiro atoms. The molecule has 1 rings (SSSR count). The first-order valence-electron chi connectivity index (χ1n) is 4.17. The summed E-state index contributed by atoms with van der Waals surface area (Å²) in [6.45, 7) is 9.09. The summed E-state index contributed by atoms with van der Waals surface area (Å²) < 4.78 is 1.84. The van der Waals surface area contributed by atoms with Crippen LogP contribution >= 0.6 is 0 Å². The van der Waals surface area contributed by atoms with Gasteiger partial charge < -0.3 is 10.3 Å². The Morgan fingerprint density at radius 3 is 2.64 bits per heavy atom. The van der Waals surface area contributed by atoms with E-state index in [1.165, 1.54) is 0 Å². The van der Waals surface area contributed by atoms with Crippen LogP contribution in [0.1, 0.15) is 12.6 Å². The SMILES string of the molecule is C=N/C(N)=C(\C(=C)C)c1cn(C)cn1. The van der Waals surface area contributed by atoms with Crippen LogP contribution in [0.3, 0.4) is 0 Å². The smallest absolute Gasteiger partial charge is 0.132 e. The van der Waals surface area contributed by atoms with E-state index in [0.29, 0.717) is 5.82 Å². The van der Waals surface area contributed by atoms with Gasteiger partial charge in [0, 0.05) is 18.8 Å². The average Bonchev–Trinajstić information content (AvgIpc) is 2.51. The molecule has 0 unspecified atom stereocenters. The lowest BCUT2D eigenvalue weighted by molar-refractivity contribution is 0.913. The van der Waals surface area contributed by atoms with Crippen molar-refractivity contribution >= 4 is 12.3 Å². The summed E-state index contributed by atoms with van der Waals surface area (Å²) in [5.74, 6) is 0.358. The molecule has 0 aliphatic rings. The number of nitrogens with two attached hydrogens (primary N) is 1. The zero-order valence-corrected chi connectivity index (χ0v) is 8.49. The van der Waals surface area contributed by atoms with Crippen LogP contribution in [0.15, 0.2) is 35.5 Å². The van der Waals surface area contributed by atoms with Crippen molar-refractivity contribution in [2.75, 3.05) is 0 Å². The minimum atomic E-state index is 0.358. The molecule has 0 fully saturated rings. The highest BCUT2D eigenvalue weighted by Crippen LogP contribution is 2.21. The van der Waals surface area contributed by atoms with Gasteiger partial charge in [-0.05, 0) is 19.2 Å². The predicted molar refractivity (Wildman–Crippen MR) is 58.7 cm³/mol. The molecule has 1 aromatic rings. The van der Waals surface area contributed by atoms with Crippen LogP contribution in [0.25, 0.3) is 5.57 Å². The van der Waals surface area contributed by atoms with Gasteiger partial charge in [0.2, 0.25) is 0 Å². The molecule has 0 amide bonds. The van der Waals surface area contributed by atoms with Gasteiger partial charge in [-0.15, -0.1) is 0 Å². The van der Waals surface area contributed by atoms with Crippen molar-refractivity contribution in [3.63, 3.8) is 0 Å². The number of imidazole rings is 1. The average molecular weight is 190 g/mol. The van der Waals surface area contributed by atoms with Crippen LogP contribution < -0.4 is 5.73 Å². The van der Waals surface area contributed by atoms with Crippen LogP contribution in [0.5, 0.6) is 0 Å². The van der Waals surface area contributed by atoms with E-state index in [9.17, 15) is 0 Å². The number of hydrogen-bond acceptors (Lipinski definition) is 3. The highest BCUT2D eigenvalue weighted by molar-refractivity contribution is 5.77. The van der Waals surface area contributed by atoms with Crippen molar-refractivity contribution in [2.45, 2.75) is 6.92 Å². The third kappa shape index (κ3) is 1.90. The molecule has 0 aliphatic heterocycles. The summed E-state index contributed by atoms with van der Waals surface area (Å²) in [6.07, 6.45) is 3.57. The van der Waals surface area contributed by atoms with Crippen molar-refractivity contribution in [1.29, 1.82) is 0 Å². The third-order valence-electron chi connectivity index (χ3n) is 1.81. The van der Waals surface area contributed by atoms with Gasteiger partial charge in [0.25, 0.3) is 0 Å². The Labute approximate surface area is 83.5 Å². The second-order valence-corrected chi connectivity index (χ2v) is 3.12. The topological polar surface area (TPSA) is 56.2 Å². The van der Waals surface area contributed by atoms with E-state index in [1.54, 1.807) is 6.33 Å². The molecule has 0 aliphatic carbocycles. The van der Waals surface area contributed by atoms with Crippen molar-refractivity contribution in [3.8, 4) is 0 Å². The van der Waals surface area contributed by atoms with Gasteiger partial charge in [-0.1, -0.05) is 6.58 Å². The number of aliphatic imine (C=N–C) groups is 1. The number of rotatable bonds is 3. The molecular weight excluding hydrogens is 176 g/mol. The van der Waals surface area contributed by atoms with Crippen LogP contribution in [0.2, 0.25) is 0 Å². The van der Waals surface area contributed by atoms with E-state index >= 15 is 0 Å². The maximum Gasteiger partial charge on any atom is 0.132 e. The van der Waals surface area contributed by atoms with E-state index in [0.717, 1.165) is 16.8 Å². The van der Waals surface area contributed by atoms with Crippen LogP contribution in [0.4, 0.5) is 0 Å². The van der Waals surface area contributed by atoms with Gasteiger partial charge in [0.05, 0.1) is 12.0 Å². The molecule has 74 valence electrons. The highest BCUT2D eigenvalue weighted by Gasteiger charge is 2.09. The predicted octanol–water partition coefficient (Wildman–Crippen LogP) is 1.32. The number of aryl methyl sites for hydroxylation is 1. The van der Waals surface area contributed by atoms with E-state index < -0.39 is 0 Å². The largest absolute Gasteiger partial charge is 0.383 e. The minimum absolute atomic E-state index is 0.358. The second kappa shape index (κ2) is 3.91. The Kier molecular flexibility index (Phi) is 2.86. The summed E-state index contributed by atoms with van der Waals surface area (Å²) in [5.41, 5.74) is 8.05. The van der Waals surface area contributed by atoms with Crippen molar-refractivity contribution in [3.05, 3.63) is 36.2 Å². The maximum atomic E-state index is 5.70. The van der Waals surface area contributed by atoms with Crippen molar-refractivity contribution < 1.29 is 0 Å². The summed E-state index contributed by atoms with van der Waals surface area (Å²) in [4.78, 5) is 7.88. The van der Waals surface area contributed by atoms with Crippen molar-refractivity contribution in [2.24, 2.45) is 17.8 Å². The Balaban J connectivity index is 3.27. The fourth-order valence-corrected chi connectivity index (χ4v) is 1.19. The van der Waals surface area contributed by atoms with Crippen LogP contribution in [0, 0.1) is 0 Å². The Bertz CT molecular complexity index is 398. The molecule has 0 radical (unpaired) electrons. The first-order valence-corrected chi connectivity index (χ1v) is 4.17. The standard InChI is InChI=1S/C10H14N4/c1-7(2)9(10(11)12-3)8-5-14(4)6-13-8/h5-6H,1,3,11H2,2,4H3/b10-9+.